The van der Waals surface area contributed by atoms with Gasteiger partial charge in [0.1, 0.15) is 18.0 Å². The van der Waals surface area contributed by atoms with Crippen LogP contribution in [-0.2, 0) is 14.8 Å². The van der Waals surface area contributed by atoms with Crippen LogP contribution in [0.15, 0.2) is 102 Å². The molecule has 0 aliphatic carbocycles. The molecule has 4 rings (SSSR count). The van der Waals surface area contributed by atoms with Gasteiger partial charge in [0, 0.05) is 23.4 Å². The molecule has 1 amide bonds. The molecule has 11 heteroatoms. The monoisotopic (exact) mass is 547 g/mol. The number of para-hydroxylation sites is 2. The van der Waals surface area contributed by atoms with Crippen LogP contribution in [0.1, 0.15) is 0 Å². The molecule has 0 bridgehead atoms. The van der Waals surface area contributed by atoms with Crippen molar-refractivity contribution in [3.05, 3.63) is 107 Å². The van der Waals surface area contributed by atoms with Gasteiger partial charge in [-0.25, -0.2) is 8.42 Å². The number of hydrogen-bond donors (Lipinski definition) is 1. The van der Waals surface area contributed by atoms with E-state index in [0.717, 1.165) is 27.6 Å². The molecule has 0 radical (unpaired) electrons. The van der Waals surface area contributed by atoms with Crippen LogP contribution in [0.25, 0.3) is 11.1 Å². The van der Waals surface area contributed by atoms with Gasteiger partial charge >= 0.3 is 0 Å². The summed E-state index contributed by atoms with van der Waals surface area (Å²) in [6.07, 6.45) is 0. The first-order valence-electron chi connectivity index (χ1n) is 11.7. The van der Waals surface area contributed by atoms with Crippen molar-refractivity contribution >= 4 is 33.0 Å². The van der Waals surface area contributed by atoms with E-state index in [2.05, 4.69) is 5.32 Å². The number of rotatable bonds is 10. The number of carbonyl (C=O) groups is 1. The normalized spacial score (nSPS) is 10.9. The van der Waals surface area contributed by atoms with Gasteiger partial charge in [0.05, 0.1) is 24.8 Å². The summed E-state index contributed by atoms with van der Waals surface area (Å²) in [4.78, 5) is 23.7. The molecule has 1 N–H and O–H groups in total. The van der Waals surface area contributed by atoms with E-state index in [1.807, 2.05) is 42.5 Å². The van der Waals surface area contributed by atoms with Crippen molar-refractivity contribution in [2.45, 2.75) is 4.90 Å². The second-order valence-corrected chi connectivity index (χ2v) is 10.1. The van der Waals surface area contributed by atoms with E-state index < -0.39 is 38.0 Å². The molecular weight excluding hydrogens is 522 g/mol. The maximum Gasteiger partial charge on any atom is 0.289 e. The molecule has 0 unspecified atom stereocenters. The molecular formula is C28H25N3O7S. The van der Waals surface area contributed by atoms with Gasteiger partial charge in [-0.3, -0.25) is 19.2 Å². The van der Waals surface area contributed by atoms with Crippen LogP contribution in [0.3, 0.4) is 0 Å². The Hall–Kier alpha value is -4.90. The molecule has 0 aliphatic rings. The van der Waals surface area contributed by atoms with Crippen LogP contribution in [0, 0.1) is 10.1 Å². The fraction of sp³-hybridized carbons (Fsp3) is 0.107. The lowest BCUT2D eigenvalue weighted by molar-refractivity contribution is -0.387. The second-order valence-electron chi connectivity index (χ2n) is 8.23. The maximum atomic E-state index is 13.9. The van der Waals surface area contributed by atoms with Crippen molar-refractivity contribution < 1.29 is 27.6 Å². The number of ether oxygens (including phenoxy) is 2. The smallest absolute Gasteiger partial charge is 0.289 e. The van der Waals surface area contributed by atoms with Crippen LogP contribution < -0.4 is 19.1 Å². The van der Waals surface area contributed by atoms with Crippen molar-refractivity contribution in [3.63, 3.8) is 0 Å². The Balaban J connectivity index is 1.78. The highest BCUT2D eigenvalue weighted by molar-refractivity contribution is 7.93. The first-order chi connectivity index (χ1) is 18.8. The zero-order valence-electron chi connectivity index (χ0n) is 21.1. The number of nitro benzene ring substituents is 1. The highest BCUT2D eigenvalue weighted by atomic mass is 32.2. The second kappa shape index (κ2) is 11.7. The summed E-state index contributed by atoms with van der Waals surface area (Å²) >= 11 is 0. The molecule has 0 aromatic heterocycles. The summed E-state index contributed by atoms with van der Waals surface area (Å²) in [7, 11) is -1.85. The van der Waals surface area contributed by atoms with Gasteiger partial charge in [-0.05, 0) is 29.8 Å². The Bertz CT molecular complexity index is 1610. The van der Waals surface area contributed by atoms with Crippen LogP contribution in [0.5, 0.6) is 11.5 Å². The molecule has 0 atom stereocenters. The van der Waals surface area contributed by atoms with E-state index in [4.69, 9.17) is 9.47 Å². The third kappa shape index (κ3) is 5.83. The fourth-order valence-electron chi connectivity index (χ4n) is 4.02. The topological polar surface area (TPSA) is 128 Å². The van der Waals surface area contributed by atoms with Gasteiger partial charge < -0.3 is 14.8 Å². The Morgan fingerprint density at radius 3 is 2.26 bits per heavy atom. The zero-order chi connectivity index (χ0) is 28.0. The van der Waals surface area contributed by atoms with E-state index in [1.54, 1.807) is 12.1 Å². The average molecular weight is 548 g/mol. The number of methoxy groups -OCH3 is 2. The molecule has 4 aromatic rings. The standard InChI is InChI=1S/C28H25N3O7S/c1-37-21-16-17-24(26(18-21)38-2)30(39(35,36)27-15-9-8-14-25(27)31(33)34)19-28(32)29-23-13-7-6-12-22(23)20-10-4-3-5-11-20/h3-18H,19H2,1-2H3,(H,29,32). The SMILES string of the molecule is COc1ccc(N(CC(=O)Nc2ccccc2-c2ccccc2)S(=O)(=O)c2ccccc2[N+](=O)[O-])c(OC)c1. The summed E-state index contributed by atoms with van der Waals surface area (Å²) in [5, 5.41) is 14.5. The fourth-order valence-corrected chi connectivity index (χ4v) is 5.61. The number of nitrogens with zero attached hydrogens (tertiary/aromatic N) is 2. The highest BCUT2D eigenvalue weighted by Gasteiger charge is 2.34. The van der Waals surface area contributed by atoms with Crippen molar-refractivity contribution in [1.29, 1.82) is 0 Å². The zero-order valence-corrected chi connectivity index (χ0v) is 21.9. The van der Waals surface area contributed by atoms with Crippen LogP contribution >= 0.6 is 0 Å². The average Bonchev–Trinajstić information content (AvgIpc) is 2.96. The Labute approximate surface area is 225 Å². The molecule has 0 aliphatic heterocycles. The van der Waals surface area contributed by atoms with E-state index >= 15 is 0 Å². The molecule has 0 saturated heterocycles. The first kappa shape index (κ1) is 27.1. The van der Waals surface area contributed by atoms with Crippen molar-refractivity contribution in [3.8, 4) is 22.6 Å². The maximum absolute atomic E-state index is 13.9. The number of benzene rings is 4. The van der Waals surface area contributed by atoms with Gasteiger partial charge in [-0.2, -0.15) is 0 Å². The van der Waals surface area contributed by atoms with E-state index in [-0.39, 0.29) is 11.4 Å². The first-order valence-corrected chi connectivity index (χ1v) is 13.1. The number of amides is 1. The van der Waals surface area contributed by atoms with Crippen molar-refractivity contribution in [2.75, 3.05) is 30.4 Å². The van der Waals surface area contributed by atoms with Gasteiger partial charge in [-0.15, -0.1) is 0 Å². The molecule has 10 nitrogen and oxygen atoms in total. The number of carbonyl (C=O) groups excluding carboxylic acids is 1. The third-order valence-corrected chi connectivity index (χ3v) is 7.67. The van der Waals surface area contributed by atoms with Crippen molar-refractivity contribution in [1.82, 2.24) is 0 Å². The van der Waals surface area contributed by atoms with Crippen LogP contribution in [-0.4, -0.2) is 40.0 Å². The Morgan fingerprint density at radius 2 is 1.56 bits per heavy atom. The summed E-state index contributed by atoms with van der Waals surface area (Å²) in [5.41, 5.74) is 1.45. The minimum absolute atomic E-state index is 0.00273. The Morgan fingerprint density at radius 1 is 0.897 bits per heavy atom. The number of sulfonamides is 1. The lowest BCUT2D eigenvalue weighted by Gasteiger charge is -2.26. The predicted molar refractivity (Wildman–Crippen MR) is 148 cm³/mol. The van der Waals surface area contributed by atoms with E-state index in [1.165, 1.54) is 44.6 Å². The van der Waals surface area contributed by atoms with Gasteiger partial charge in [-0.1, -0.05) is 60.7 Å². The summed E-state index contributed by atoms with van der Waals surface area (Å²) in [6, 6.07) is 25.8. The summed E-state index contributed by atoms with van der Waals surface area (Å²) in [6.45, 7) is -0.694. The predicted octanol–water partition coefficient (Wildman–Crippen LogP) is 5.11. The van der Waals surface area contributed by atoms with Gasteiger partial charge in [0.25, 0.3) is 15.7 Å². The highest BCUT2D eigenvalue weighted by Crippen LogP contribution is 2.37. The van der Waals surface area contributed by atoms with Crippen LogP contribution in [0.4, 0.5) is 17.1 Å². The largest absolute Gasteiger partial charge is 0.497 e. The minimum atomic E-state index is -4.62. The van der Waals surface area contributed by atoms with Gasteiger partial charge in [0.2, 0.25) is 5.91 Å². The summed E-state index contributed by atoms with van der Waals surface area (Å²) in [5.74, 6) is -0.188. The molecule has 0 spiro atoms. The van der Waals surface area contributed by atoms with E-state index in [9.17, 15) is 23.3 Å². The number of nitrogens with one attached hydrogen (secondary N) is 1. The number of hydrogen-bond acceptors (Lipinski definition) is 7. The molecule has 0 saturated carbocycles. The lowest BCUT2D eigenvalue weighted by atomic mass is 10.0. The minimum Gasteiger partial charge on any atom is -0.497 e. The Kier molecular flexibility index (Phi) is 8.11. The third-order valence-electron chi connectivity index (χ3n) is 5.86. The number of nitro groups is 1. The quantitative estimate of drug-likeness (QED) is 0.216. The summed E-state index contributed by atoms with van der Waals surface area (Å²) < 4.78 is 39.2. The van der Waals surface area contributed by atoms with Crippen molar-refractivity contribution in [2.24, 2.45) is 0 Å². The molecule has 0 fully saturated rings. The van der Waals surface area contributed by atoms with Crippen LogP contribution in [0.2, 0.25) is 0 Å². The molecule has 200 valence electrons. The lowest BCUT2D eigenvalue weighted by Crippen LogP contribution is -2.38. The molecule has 0 heterocycles. The number of anilines is 2. The van der Waals surface area contributed by atoms with E-state index in [0.29, 0.717) is 11.4 Å². The molecule has 4 aromatic carbocycles. The molecule has 39 heavy (non-hydrogen) atoms. The van der Waals surface area contributed by atoms with Gasteiger partial charge in [0.15, 0.2) is 4.90 Å².